The number of carbonyl (C=O) groups is 3. The van der Waals surface area contributed by atoms with E-state index in [0.717, 1.165) is 29.8 Å². The van der Waals surface area contributed by atoms with Gasteiger partial charge < -0.3 is 19.4 Å². The first-order valence-corrected chi connectivity index (χ1v) is 14.7. The first-order chi connectivity index (χ1) is 19.8. The van der Waals surface area contributed by atoms with Gasteiger partial charge in [0, 0.05) is 48.0 Å². The zero-order valence-electron chi connectivity index (χ0n) is 23.8. The van der Waals surface area contributed by atoms with Crippen LogP contribution in [0.4, 0.5) is 16.2 Å². The van der Waals surface area contributed by atoms with Gasteiger partial charge in [-0.1, -0.05) is 41.9 Å². The highest BCUT2D eigenvalue weighted by atomic mass is 35.5. The van der Waals surface area contributed by atoms with Gasteiger partial charge in [-0.3, -0.25) is 9.59 Å². The van der Waals surface area contributed by atoms with Gasteiger partial charge in [0.15, 0.2) is 0 Å². The van der Waals surface area contributed by atoms with E-state index in [-0.39, 0.29) is 30.0 Å². The molecular weight excluding hydrogens is 538 g/mol. The molecule has 0 saturated carbocycles. The summed E-state index contributed by atoms with van der Waals surface area (Å²) < 4.78 is 5.13. The van der Waals surface area contributed by atoms with Crippen molar-refractivity contribution in [2.24, 2.45) is 0 Å². The number of fused-ring (bicyclic) bond motifs is 1. The summed E-state index contributed by atoms with van der Waals surface area (Å²) >= 11 is 6.11. The van der Waals surface area contributed by atoms with Crippen molar-refractivity contribution in [3.63, 3.8) is 0 Å². The van der Waals surface area contributed by atoms with E-state index in [0.29, 0.717) is 42.6 Å². The summed E-state index contributed by atoms with van der Waals surface area (Å²) in [6.07, 6.45) is 2.08. The topological polar surface area (TPSA) is 70.2 Å². The molecule has 2 heterocycles. The lowest BCUT2D eigenvalue weighted by molar-refractivity contribution is -0.117. The molecule has 3 amide bonds. The molecule has 0 aromatic heterocycles. The number of amides is 3. The van der Waals surface area contributed by atoms with Crippen LogP contribution in [0.5, 0.6) is 0 Å². The molecular formula is C33H36ClN3O4. The highest BCUT2D eigenvalue weighted by Crippen LogP contribution is 2.43. The Kier molecular flexibility index (Phi) is 8.64. The zero-order valence-corrected chi connectivity index (χ0v) is 24.5. The Morgan fingerprint density at radius 2 is 1.61 bits per heavy atom. The van der Waals surface area contributed by atoms with Crippen LogP contribution in [0.1, 0.15) is 73.5 Å². The molecule has 0 spiro atoms. The first-order valence-electron chi connectivity index (χ1n) is 14.3. The molecule has 8 heteroatoms. The van der Waals surface area contributed by atoms with Gasteiger partial charge in [-0.25, -0.2) is 4.79 Å². The van der Waals surface area contributed by atoms with Crippen LogP contribution in [0.2, 0.25) is 5.02 Å². The minimum absolute atomic E-state index is 0.0621. The number of para-hydroxylation sites is 1. The number of halogens is 1. The lowest BCUT2D eigenvalue weighted by atomic mass is 9.88. The third kappa shape index (κ3) is 5.96. The van der Waals surface area contributed by atoms with Gasteiger partial charge >= 0.3 is 6.09 Å². The smallest absolute Gasteiger partial charge is 0.409 e. The summed E-state index contributed by atoms with van der Waals surface area (Å²) in [4.78, 5) is 44.3. The highest BCUT2D eigenvalue weighted by molar-refractivity contribution is 6.30. The molecule has 3 aromatic carbocycles. The van der Waals surface area contributed by atoms with Gasteiger partial charge in [0.2, 0.25) is 5.91 Å². The normalized spacial score (nSPS) is 18.9. The molecule has 1 saturated heterocycles. The molecule has 2 aliphatic heterocycles. The summed E-state index contributed by atoms with van der Waals surface area (Å²) in [7, 11) is 0. The first kappa shape index (κ1) is 28.7. The molecule has 0 radical (unpaired) electrons. The summed E-state index contributed by atoms with van der Waals surface area (Å²) in [5.74, 6) is 0.210. The predicted molar refractivity (Wildman–Crippen MR) is 162 cm³/mol. The quantitative estimate of drug-likeness (QED) is 0.323. The third-order valence-electron chi connectivity index (χ3n) is 8.18. The Morgan fingerprint density at radius 1 is 0.951 bits per heavy atom. The van der Waals surface area contributed by atoms with Gasteiger partial charge in [-0.15, -0.1) is 0 Å². The van der Waals surface area contributed by atoms with Crippen molar-refractivity contribution in [3.8, 4) is 0 Å². The number of carbonyl (C=O) groups excluding carboxylic acids is 3. The average molecular weight is 574 g/mol. The monoisotopic (exact) mass is 573 g/mol. The molecule has 41 heavy (non-hydrogen) atoms. The fraction of sp³-hybridized carbons (Fsp3) is 0.364. The van der Waals surface area contributed by atoms with Gasteiger partial charge in [0.05, 0.1) is 12.6 Å². The number of hydrogen-bond donors (Lipinski definition) is 0. The molecule has 2 aliphatic rings. The minimum atomic E-state index is -0.246. The van der Waals surface area contributed by atoms with E-state index in [1.807, 2.05) is 79.4 Å². The molecule has 3 aromatic rings. The van der Waals surface area contributed by atoms with Crippen LogP contribution in [0.3, 0.4) is 0 Å². The maximum Gasteiger partial charge on any atom is 0.409 e. The number of ether oxygens (including phenoxy) is 1. The fourth-order valence-electron chi connectivity index (χ4n) is 6.17. The summed E-state index contributed by atoms with van der Waals surface area (Å²) in [6.45, 7) is 7.14. The highest BCUT2D eigenvalue weighted by Gasteiger charge is 2.38. The Balaban J connectivity index is 1.36. The molecule has 1 fully saturated rings. The number of nitrogens with zero attached hydrogens (tertiary/aromatic N) is 3. The second-order valence-corrected chi connectivity index (χ2v) is 11.2. The summed E-state index contributed by atoms with van der Waals surface area (Å²) in [5, 5.41) is 0.611. The Labute approximate surface area is 246 Å². The van der Waals surface area contributed by atoms with Crippen molar-refractivity contribution in [3.05, 3.63) is 94.5 Å². The van der Waals surface area contributed by atoms with Crippen LogP contribution < -0.4 is 9.80 Å². The van der Waals surface area contributed by atoms with Crippen molar-refractivity contribution < 1.29 is 19.1 Å². The largest absolute Gasteiger partial charge is 0.450 e. The van der Waals surface area contributed by atoms with Crippen LogP contribution in [0.25, 0.3) is 0 Å². The Hall–Kier alpha value is -3.84. The molecule has 0 N–H and O–H groups in total. The third-order valence-corrected chi connectivity index (χ3v) is 8.44. The number of benzene rings is 3. The van der Waals surface area contributed by atoms with E-state index in [4.69, 9.17) is 16.3 Å². The Morgan fingerprint density at radius 3 is 2.24 bits per heavy atom. The number of piperidine rings is 1. The van der Waals surface area contributed by atoms with E-state index in [1.54, 1.807) is 28.9 Å². The maximum absolute atomic E-state index is 13.9. The van der Waals surface area contributed by atoms with Crippen LogP contribution in [-0.2, 0) is 9.53 Å². The van der Waals surface area contributed by atoms with Crippen molar-refractivity contribution >= 4 is 40.9 Å². The standard InChI is InChI=1S/C33H36ClN3O4/c1-4-41-33(40)35-19-17-25(18-20-35)24-9-11-26(12-10-24)32(39)36-22(2)21-31(29-7-5-6-8-30(29)36)37(23(3)38)28-15-13-27(34)14-16-28/h5-16,22,25,31H,4,17-21H2,1-3H3/t22-,31+/m0/s1. The summed E-state index contributed by atoms with van der Waals surface area (Å²) in [6, 6.07) is 22.7. The second-order valence-electron chi connectivity index (χ2n) is 10.8. The van der Waals surface area contributed by atoms with Gasteiger partial charge in [0.25, 0.3) is 5.91 Å². The van der Waals surface area contributed by atoms with Crippen molar-refractivity contribution in [1.82, 2.24) is 4.90 Å². The van der Waals surface area contributed by atoms with E-state index >= 15 is 0 Å². The van der Waals surface area contributed by atoms with Gasteiger partial charge in [0.1, 0.15) is 0 Å². The molecule has 7 nitrogen and oxygen atoms in total. The Bertz CT molecular complexity index is 1400. The molecule has 5 rings (SSSR count). The predicted octanol–water partition coefficient (Wildman–Crippen LogP) is 7.21. The fourth-order valence-corrected chi connectivity index (χ4v) is 6.29. The van der Waals surface area contributed by atoms with Crippen molar-refractivity contribution in [1.29, 1.82) is 0 Å². The number of likely N-dealkylation sites (tertiary alicyclic amines) is 1. The van der Waals surface area contributed by atoms with Crippen molar-refractivity contribution in [2.75, 3.05) is 29.5 Å². The molecule has 0 aliphatic carbocycles. The van der Waals surface area contributed by atoms with E-state index < -0.39 is 0 Å². The van der Waals surface area contributed by atoms with Crippen molar-refractivity contribution in [2.45, 2.75) is 58.0 Å². The second kappa shape index (κ2) is 12.4. The molecule has 2 atom stereocenters. The average Bonchev–Trinajstić information content (AvgIpc) is 2.98. The number of anilines is 2. The zero-order chi connectivity index (χ0) is 29.1. The van der Waals surface area contributed by atoms with E-state index in [2.05, 4.69) is 0 Å². The molecule has 0 bridgehead atoms. The SMILES string of the molecule is CCOC(=O)N1CCC(c2ccc(C(=O)N3c4ccccc4[C@H](N(C(C)=O)c4ccc(Cl)cc4)C[C@@H]3C)cc2)CC1. The van der Waals surface area contributed by atoms with Crippen LogP contribution in [-0.4, -0.2) is 48.5 Å². The minimum Gasteiger partial charge on any atom is -0.450 e. The summed E-state index contributed by atoms with van der Waals surface area (Å²) in [5.41, 5.74) is 4.33. The lowest BCUT2D eigenvalue weighted by Gasteiger charge is -2.43. The van der Waals surface area contributed by atoms with Gasteiger partial charge in [-0.2, -0.15) is 0 Å². The van der Waals surface area contributed by atoms with Crippen LogP contribution in [0, 0.1) is 0 Å². The van der Waals surface area contributed by atoms with E-state index in [1.165, 1.54) is 5.56 Å². The number of rotatable bonds is 5. The van der Waals surface area contributed by atoms with Gasteiger partial charge in [-0.05, 0) is 92.6 Å². The van der Waals surface area contributed by atoms with Crippen LogP contribution in [0.15, 0.2) is 72.8 Å². The van der Waals surface area contributed by atoms with E-state index in [9.17, 15) is 14.4 Å². The lowest BCUT2D eigenvalue weighted by Crippen LogP contribution is -2.47. The molecule has 0 unspecified atom stereocenters. The molecule has 214 valence electrons. The van der Waals surface area contributed by atoms with Crippen LogP contribution >= 0.6 is 11.6 Å². The number of hydrogen-bond acceptors (Lipinski definition) is 4. The maximum atomic E-state index is 13.9.